The van der Waals surface area contributed by atoms with Gasteiger partial charge in [0.1, 0.15) is 18.1 Å². The molecule has 1 aromatic carbocycles. The molecule has 1 saturated heterocycles. The van der Waals surface area contributed by atoms with Gasteiger partial charge in [0.05, 0.1) is 6.61 Å². The normalized spacial score (nSPS) is 19.2. The number of carbonyl (C=O) groups excluding carboxylic acids is 1. The zero-order valence-electron chi connectivity index (χ0n) is 13.9. The number of aliphatic hydroxyl groups is 1. The molecule has 1 aromatic heterocycles. The summed E-state index contributed by atoms with van der Waals surface area (Å²) in [6, 6.07) is 8.04. The van der Waals surface area contributed by atoms with Crippen molar-refractivity contribution in [1.29, 1.82) is 0 Å². The van der Waals surface area contributed by atoms with E-state index in [-0.39, 0.29) is 12.5 Å². The molecule has 0 spiro atoms. The van der Waals surface area contributed by atoms with E-state index in [0.29, 0.717) is 35.5 Å². The van der Waals surface area contributed by atoms with Gasteiger partial charge in [-0.2, -0.15) is 0 Å². The molecule has 4 rings (SSSR count). The van der Waals surface area contributed by atoms with Crippen molar-refractivity contribution in [3.05, 3.63) is 45.6 Å². The van der Waals surface area contributed by atoms with Gasteiger partial charge >= 0.3 is 0 Å². The van der Waals surface area contributed by atoms with Gasteiger partial charge in [-0.1, -0.05) is 24.3 Å². The maximum atomic E-state index is 12.8. The van der Waals surface area contributed by atoms with Gasteiger partial charge in [-0.3, -0.25) is 4.79 Å². The van der Waals surface area contributed by atoms with E-state index in [4.69, 9.17) is 9.47 Å². The number of hydrogen-bond donors (Lipinski definition) is 1. The zero-order valence-corrected chi connectivity index (χ0v) is 14.8. The van der Waals surface area contributed by atoms with Crippen LogP contribution in [0, 0.1) is 5.92 Å². The van der Waals surface area contributed by atoms with E-state index >= 15 is 0 Å². The minimum Gasteiger partial charge on any atom is -0.485 e. The number of ether oxygens (including phenoxy) is 2. The van der Waals surface area contributed by atoms with Crippen LogP contribution in [0.3, 0.4) is 0 Å². The number of likely N-dealkylation sites (tertiary alicyclic amines) is 1. The first-order valence-corrected chi connectivity index (χ1v) is 9.47. The van der Waals surface area contributed by atoms with Gasteiger partial charge in [0.15, 0.2) is 11.5 Å². The summed E-state index contributed by atoms with van der Waals surface area (Å²) in [6.07, 6.45) is 1.93. The lowest BCUT2D eigenvalue weighted by Gasteiger charge is -2.19. The molecule has 0 bridgehead atoms. The molecule has 6 heteroatoms. The molecule has 132 valence electrons. The van der Waals surface area contributed by atoms with Crippen molar-refractivity contribution in [2.75, 3.05) is 26.3 Å². The Morgan fingerprint density at radius 2 is 2.12 bits per heavy atom. The van der Waals surface area contributed by atoms with Crippen LogP contribution in [-0.4, -0.2) is 42.2 Å². The molecule has 0 radical (unpaired) electrons. The Labute approximate surface area is 150 Å². The maximum Gasteiger partial charge on any atom is 0.267 e. The molecule has 0 saturated carbocycles. The quantitative estimate of drug-likeness (QED) is 0.912. The Balaban J connectivity index is 1.42. The second kappa shape index (κ2) is 7.06. The van der Waals surface area contributed by atoms with Crippen LogP contribution in [-0.2, 0) is 13.0 Å². The second-order valence-corrected chi connectivity index (χ2v) is 7.42. The lowest BCUT2D eigenvalue weighted by atomic mass is 9.97. The Hall–Kier alpha value is -2.05. The Bertz CT molecular complexity index is 773. The van der Waals surface area contributed by atoms with Crippen LogP contribution in [0.2, 0.25) is 0 Å². The minimum absolute atomic E-state index is 0.0448. The number of carbonyl (C=O) groups is 1. The third-order valence-electron chi connectivity index (χ3n) is 4.77. The summed E-state index contributed by atoms with van der Waals surface area (Å²) in [5, 5.41) is 11.1. The SMILES string of the molecule is O=C(c1scc2c1OCCO2)N1CCC(Cc2cccc(CO)c2)C1. The van der Waals surface area contributed by atoms with Crippen LogP contribution >= 0.6 is 11.3 Å². The molecule has 1 unspecified atom stereocenters. The number of aliphatic hydroxyl groups excluding tert-OH is 1. The highest BCUT2D eigenvalue weighted by Gasteiger charge is 2.31. The van der Waals surface area contributed by atoms with Crippen LogP contribution in [0.4, 0.5) is 0 Å². The van der Waals surface area contributed by atoms with E-state index in [2.05, 4.69) is 6.07 Å². The van der Waals surface area contributed by atoms with E-state index in [1.807, 2.05) is 28.5 Å². The van der Waals surface area contributed by atoms with E-state index < -0.39 is 0 Å². The summed E-state index contributed by atoms with van der Waals surface area (Å²) in [7, 11) is 0. The highest BCUT2D eigenvalue weighted by atomic mass is 32.1. The van der Waals surface area contributed by atoms with Crippen molar-refractivity contribution in [2.24, 2.45) is 5.92 Å². The standard InChI is InChI=1S/C19H21NO4S/c21-11-15-3-1-2-13(9-15)8-14-4-5-20(10-14)19(22)18-17-16(12-25-18)23-6-7-24-17/h1-3,9,12,14,21H,4-8,10-11H2. The molecule has 1 amide bonds. The Morgan fingerprint density at radius 1 is 1.28 bits per heavy atom. The summed E-state index contributed by atoms with van der Waals surface area (Å²) < 4.78 is 11.2. The monoisotopic (exact) mass is 359 g/mol. The zero-order chi connectivity index (χ0) is 17.2. The molecular weight excluding hydrogens is 338 g/mol. The number of fused-ring (bicyclic) bond motifs is 1. The van der Waals surface area contributed by atoms with Gasteiger partial charge in [0, 0.05) is 18.5 Å². The summed E-state index contributed by atoms with van der Waals surface area (Å²) >= 11 is 1.40. The van der Waals surface area contributed by atoms with Crippen molar-refractivity contribution in [3.8, 4) is 11.5 Å². The summed E-state index contributed by atoms with van der Waals surface area (Å²) in [5.74, 6) is 1.80. The molecule has 1 N–H and O–H groups in total. The van der Waals surface area contributed by atoms with Gasteiger partial charge in [-0.15, -0.1) is 11.3 Å². The lowest BCUT2D eigenvalue weighted by Crippen LogP contribution is -2.29. The molecule has 2 aliphatic rings. The first-order chi connectivity index (χ1) is 12.2. The molecule has 1 fully saturated rings. The fourth-order valence-corrected chi connectivity index (χ4v) is 4.42. The number of rotatable bonds is 4. The molecule has 25 heavy (non-hydrogen) atoms. The first kappa shape index (κ1) is 16.4. The largest absolute Gasteiger partial charge is 0.485 e. The Kier molecular flexibility index (Phi) is 4.63. The van der Waals surface area contributed by atoms with Crippen LogP contribution in [0.25, 0.3) is 0 Å². The molecule has 0 aliphatic carbocycles. The molecule has 3 heterocycles. The fraction of sp³-hybridized carbons (Fsp3) is 0.421. The lowest BCUT2D eigenvalue weighted by molar-refractivity contribution is 0.0783. The first-order valence-electron chi connectivity index (χ1n) is 8.59. The minimum atomic E-state index is 0.0448. The number of benzene rings is 1. The number of amides is 1. The van der Waals surface area contributed by atoms with Crippen molar-refractivity contribution < 1.29 is 19.4 Å². The predicted octanol–water partition coefficient (Wildman–Crippen LogP) is 2.72. The Morgan fingerprint density at radius 3 is 3.00 bits per heavy atom. The summed E-state index contributed by atoms with van der Waals surface area (Å²) in [5.41, 5.74) is 2.15. The topological polar surface area (TPSA) is 59.0 Å². The van der Waals surface area contributed by atoms with Crippen LogP contribution < -0.4 is 9.47 Å². The van der Waals surface area contributed by atoms with Gasteiger partial charge < -0.3 is 19.5 Å². The smallest absolute Gasteiger partial charge is 0.267 e. The molecule has 2 aliphatic heterocycles. The third-order valence-corrected chi connectivity index (χ3v) is 5.69. The maximum absolute atomic E-state index is 12.8. The highest BCUT2D eigenvalue weighted by molar-refractivity contribution is 7.12. The summed E-state index contributed by atoms with van der Waals surface area (Å²) in [4.78, 5) is 15.4. The highest BCUT2D eigenvalue weighted by Crippen LogP contribution is 2.40. The van der Waals surface area contributed by atoms with E-state index in [0.717, 1.165) is 31.5 Å². The van der Waals surface area contributed by atoms with Gasteiger partial charge in [0.25, 0.3) is 5.91 Å². The number of thiophene rings is 1. The fourth-order valence-electron chi connectivity index (χ4n) is 3.53. The van der Waals surface area contributed by atoms with Crippen molar-refractivity contribution in [1.82, 2.24) is 4.90 Å². The molecule has 5 nitrogen and oxygen atoms in total. The van der Waals surface area contributed by atoms with E-state index in [1.165, 1.54) is 16.9 Å². The summed E-state index contributed by atoms with van der Waals surface area (Å²) in [6.45, 7) is 2.63. The van der Waals surface area contributed by atoms with Crippen molar-refractivity contribution >= 4 is 17.2 Å². The van der Waals surface area contributed by atoms with Crippen LogP contribution in [0.1, 0.15) is 27.2 Å². The van der Waals surface area contributed by atoms with Crippen molar-refractivity contribution in [3.63, 3.8) is 0 Å². The van der Waals surface area contributed by atoms with E-state index in [9.17, 15) is 9.90 Å². The average molecular weight is 359 g/mol. The number of nitrogens with zero attached hydrogens (tertiary/aromatic N) is 1. The predicted molar refractivity (Wildman–Crippen MR) is 95.4 cm³/mol. The van der Waals surface area contributed by atoms with Gasteiger partial charge in [-0.05, 0) is 29.9 Å². The second-order valence-electron chi connectivity index (χ2n) is 6.54. The van der Waals surface area contributed by atoms with Crippen LogP contribution in [0.15, 0.2) is 29.6 Å². The molecular formula is C19H21NO4S. The number of hydrogen-bond acceptors (Lipinski definition) is 5. The van der Waals surface area contributed by atoms with Crippen LogP contribution in [0.5, 0.6) is 11.5 Å². The third kappa shape index (κ3) is 3.37. The van der Waals surface area contributed by atoms with Gasteiger partial charge in [0.2, 0.25) is 0 Å². The van der Waals surface area contributed by atoms with Gasteiger partial charge in [-0.25, -0.2) is 0 Å². The van der Waals surface area contributed by atoms with Crippen molar-refractivity contribution in [2.45, 2.75) is 19.4 Å². The average Bonchev–Trinajstić information content (AvgIpc) is 3.28. The molecule has 2 aromatic rings. The molecule has 1 atom stereocenters. The van der Waals surface area contributed by atoms with E-state index in [1.54, 1.807) is 0 Å².